The van der Waals surface area contributed by atoms with E-state index in [0.29, 0.717) is 37.8 Å². The zero-order chi connectivity index (χ0) is 22.2. The molecule has 3 rings (SSSR count). The van der Waals surface area contributed by atoms with Crippen molar-refractivity contribution in [3.05, 3.63) is 83.9 Å². The minimum atomic E-state index is -0.957. The van der Waals surface area contributed by atoms with Crippen molar-refractivity contribution >= 4 is 17.8 Å². The lowest BCUT2D eigenvalue weighted by molar-refractivity contribution is -0.148. The van der Waals surface area contributed by atoms with Crippen LogP contribution in [0.15, 0.2) is 72.8 Å². The van der Waals surface area contributed by atoms with Crippen LogP contribution in [0.25, 0.3) is 0 Å². The smallest absolute Gasteiger partial charge is 0.326 e. The van der Waals surface area contributed by atoms with Gasteiger partial charge >= 0.3 is 5.97 Å². The Labute approximate surface area is 182 Å². The summed E-state index contributed by atoms with van der Waals surface area (Å²) in [5, 5.41) is 12.4. The highest BCUT2D eigenvalue weighted by molar-refractivity contribution is 5.94. The minimum absolute atomic E-state index is 0.176. The summed E-state index contributed by atoms with van der Waals surface area (Å²) in [5.74, 6) is -1.33. The van der Waals surface area contributed by atoms with Gasteiger partial charge in [-0.3, -0.25) is 9.59 Å². The molecule has 0 radical (unpaired) electrons. The molecule has 0 bridgehead atoms. The second kappa shape index (κ2) is 10.6. The lowest BCUT2D eigenvalue weighted by atomic mass is 9.96. The molecule has 2 aromatic rings. The van der Waals surface area contributed by atoms with Crippen molar-refractivity contribution < 1.29 is 19.5 Å². The van der Waals surface area contributed by atoms with E-state index in [9.17, 15) is 19.5 Å². The molecule has 1 fully saturated rings. The third kappa shape index (κ3) is 6.04. The highest BCUT2D eigenvalue weighted by atomic mass is 16.4. The molecule has 162 valence electrons. The van der Waals surface area contributed by atoms with E-state index >= 15 is 0 Å². The fourth-order valence-corrected chi connectivity index (χ4v) is 3.89. The third-order valence-corrected chi connectivity index (χ3v) is 5.63. The number of benzene rings is 2. The van der Waals surface area contributed by atoms with E-state index in [1.807, 2.05) is 48.5 Å². The van der Waals surface area contributed by atoms with E-state index in [4.69, 9.17) is 0 Å². The van der Waals surface area contributed by atoms with Crippen LogP contribution in [0.2, 0.25) is 0 Å². The molecule has 2 N–H and O–H groups in total. The number of hydrogen-bond acceptors (Lipinski definition) is 3. The molecule has 6 nitrogen and oxygen atoms in total. The summed E-state index contributed by atoms with van der Waals surface area (Å²) in [6.45, 7) is 4.62. The zero-order valence-corrected chi connectivity index (χ0v) is 17.5. The average Bonchev–Trinajstić information content (AvgIpc) is 3.28. The van der Waals surface area contributed by atoms with Crippen LogP contribution in [0, 0.1) is 0 Å². The second-order valence-electron chi connectivity index (χ2n) is 7.82. The van der Waals surface area contributed by atoms with Gasteiger partial charge in [0.1, 0.15) is 6.04 Å². The van der Waals surface area contributed by atoms with Gasteiger partial charge in [-0.2, -0.15) is 0 Å². The largest absolute Gasteiger partial charge is 0.480 e. The summed E-state index contributed by atoms with van der Waals surface area (Å²) in [7, 11) is 0. The molecular formula is C25H28N2O4. The molecule has 2 aromatic carbocycles. The normalized spacial score (nSPS) is 16.5. The first-order chi connectivity index (χ1) is 15.0. The molecule has 0 spiro atoms. The summed E-state index contributed by atoms with van der Waals surface area (Å²) in [5.41, 5.74) is 2.36. The Kier molecular flexibility index (Phi) is 7.60. The molecule has 1 saturated heterocycles. The first-order valence-electron chi connectivity index (χ1n) is 10.6. The number of nitrogens with one attached hydrogen (secondary N) is 1. The van der Waals surface area contributed by atoms with E-state index in [2.05, 4.69) is 11.9 Å². The minimum Gasteiger partial charge on any atom is -0.480 e. The lowest BCUT2D eigenvalue weighted by Crippen LogP contribution is -2.41. The van der Waals surface area contributed by atoms with Crippen molar-refractivity contribution in [2.75, 3.05) is 6.54 Å². The van der Waals surface area contributed by atoms with Gasteiger partial charge in [0.2, 0.25) is 5.91 Å². The first-order valence-corrected chi connectivity index (χ1v) is 10.6. The number of likely N-dealkylation sites (tertiary alicyclic amines) is 1. The maximum absolute atomic E-state index is 12.7. The van der Waals surface area contributed by atoms with E-state index in [1.165, 1.54) is 4.90 Å². The Morgan fingerprint density at radius 1 is 1.03 bits per heavy atom. The fraction of sp³-hybridized carbons (Fsp3) is 0.320. The zero-order valence-electron chi connectivity index (χ0n) is 17.5. The van der Waals surface area contributed by atoms with Crippen LogP contribution in [0.3, 0.4) is 0 Å². The van der Waals surface area contributed by atoms with Gasteiger partial charge in [-0.1, -0.05) is 60.7 Å². The van der Waals surface area contributed by atoms with Crippen molar-refractivity contribution in [1.29, 1.82) is 0 Å². The van der Waals surface area contributed by atoms with E-state index in [0.717, 1.165) is 11.1 Å². The van der Waals surface area contributed by atoms with Crippen molar-refractivity contribution in [2.24, 2.45) is 0 Å². The van der Waals surface area contributed by atoms with Crippen LogP contribution in [-0.2, 0) is 16.0 Å². The molecule has 0 aromatic heterocycles. The Morgan fingerprint density at radius 2 is 1.68 bits per heavy atom. The first kappa shape index (κ1) is 22.3. The molecule has 1 aliphatic heterocycles. The molecule has 0 saturated carbocycles. The van der Waals surface area contributed by atoms with Crippen LogP contribution in [0.1, 0.15) is 41.6 Å². The van der Waals surface area contributed by atoms with Crippen LogP contribution < -0.4 is 5.32 Å². The number of carboxylic acid groups (broad SMARTS) is 1. The number of carbonyl (C=O) groups is 3. The average molecular weight is 421 g/mol. The van der Waals surface area contributed by atoms with Gasteiger partial charge in [-0.25, -0.2) is 4.79 Å². The Hall–Kier alpha value is -3.41. The van der Waals surface area contributed by atoms with Crippen LogP contribution in [0.5, 0.6) is 0 Å². The predicted molar refractivity (Wildman–Crippen MR) is 119 cm³/mol. The standard InChI is InChI=1S/C25H28N2O4/c1-18(14-15-23(28)27-16-8-13-22(27)25(30)31)21(17-19-9-4-2-5-10-19)26-24(29)20-11-6-3-7-12-20/h2-7,9-12,21-22H,1,8,13-17H2,(H,26,29)(H,30,31)/t21-,22-/m0/s1. The van der Waals surface area contributed by atoms with Gasteiger partial charge in [0, 0.05) is 18.5 Å². The van der Waals surface area contributed by atoms with E-state index < -0.39 is 12.0 Å². The van der Waals surface area contributed by atoms with Gasteiger partial charge in [0.25, 0.3) is 5.91 Å². The van der Waals surface area contributed by atoms with Crippen LogP contribution >= 0.6 is 0 Å². The van der Waals surface area contributed by atoms with Crippen LogP contribution in [0.4, 0.5) is 0 Å². The van der Waals surface area contributed by atoms with Crippen molar-refractivity contribution in [1.82, 2.24) is 10.2 Å². The Balaban J connectivity index is 1.66. The summed E-state index contributed by atoms with van der Waals surface area (Å²) < 4.78 is 0. The number of carbonyl (C=O) groups excluding carboxylic acids is 2. The summed E-state index contributed by atoms with van der Waals surface area (Å²) in [4.78, 5) is 38.2. The molecule has 1 aliphatic rings. The van der Waals surface area contributed by atoms with Gasteiger partial charge in [-0.15, -0.1) is 0 Å². The summed E-state index contributed by atoms with van der Waals surface area (Å²) in [6, 6.07) is 17.7. The number of hydrogen-bond donors (Lipinski definition) is 2. The van der Waals surface area contributed by atoms with Gasteiger partial charge in [0.15, 0.2) is 0 Å². The third-order valence-electron chi connectivity index (χ3n) is 5.63. The lowest BCUT2D eigenvalue weighted by Gasteiger charge is -2.24. The molecule has 2 atom stereocenters. The predicted octanol–water partition coefficient (Wildman–Crippen LogP) is 3.44. The molecule has 0 aliphatic carbocycles. The second-order valence-corrected chi connectivity index (χ2v) is 7.82. The van der Waals surface area contributed by atoms with Crippen molar-refractivity contribution in [3.63, 3.8) is 0 Å². The molecule has 6 heteroatoms. The molecule has 0 unspecified atom stereocenters. The number of rotatable bonds is 9. The maximum Gasteiger partial charge on any atom is 0.326 e. The molecule has 1 heterocycles. The highest BCUT2D eigenvalue weighted by Crippen LogP contribution is 2.21. The quantitative estimate of drug-likeness (QED) is 0.609. The molecular weight excluding hydrogens is 392 g/mol. The summed E-state index contributed by atoms with van der Waals surface area (Å²) in [6.07, 6.45) is 2.32. The van der Waals surface area contributed by atoms with E-state index in [1.54, 1.807) is 12.1 Å². The summed E-state index contributed by atoms with van der Waals surface area (Å²) >= 11 is 0. The Bertz CT molecular complexity index is 927. The number of carboxylic acids is 1. The van der Waals surface area contributed by atoms with Gasteiger partial charge in [0.05, 0.1) is 6.04 Å². The van der Waals surface area contributed by atoms with Gasteiger partial charge in [-0.05, 0) is 43.4 Å². The van der Waals surface area contributed by atoms with E-state index in [-0.39, 0.29) is 24.3 Å². The van der Waals surface area contributed by atoms with Crippen molar-refractivity contribution in [2.45, 2.75) is 44.2 Å². The van der Waals surface area contributed by atoms with Gasteiger partial charge < -0.3 is 15.3 Å². The number of nitrogens with zero attached hydrogens (tertiary/aromatic N) is 1. The van der Waals surface area contributed by atoms with Crippen molar-refractivity contribution in [3.8, 4) is 0 Å². The maximum atomic E-state index is 12.7. The monoisotopic (exact) mass is 420 g/mol. The number of aliphatic carboxylic acids is 1. The molecule has 2 amide bonds. The highest BCUT2D eigenvalue weighted by Gasteiger charge is 2.33. The molecule has 31 heavy (non-hydrogen) atoms. The van der Waals surface area contributed by atoms with Crippen LogP contribution in [-0.4, -0.2) is 46.4 Å². The Morgan fingerprint density at radius 3 is 2.32 bits per heavy atom. The SMILES string of the molecule is C=C(CCC(=O)N1CCC[C@H]1C(=O)O)[C@H](Cc1ccccc1)NC(=O)c1ccccc1. The number of amides is 2. The fourth-order valence-electron chi connectivity index (χ4n) is 3.89. The topological polar surface area (TPSA) is 86.7 Å².